The molecule has 4 heteroatoms. The molecule has 2 rings (SSSR count). The first kappa shape index (κ1) is 19.5. The second-order valence-corrected chi connectivity index (χ2v) is 6.83. The van der Waals surface area contributed by atoms with Crippen molar-refractivity contribution < 1.29 is 4.74 Å². The standard InChI is InChI=1S/C21H33N3O/c1-6-9-14-23(5)16-21-17(4)15-22-24(21)18-10-12-20(13-11-18)25-19(7-2)8-3/h10-13,15,19H,6-9,14,16H2,1-5H3. The average Bonchev–Trinajstić information content (AvgIpc) is 2.99. The fraction of sp³-hybridized carbons (Fsp3) is 0.571. The number of hydrogen-bond acceptors (Lipinski definition) is 3. The van der Waals surface area contributed by atoms with Crippen LogP contribution in [-0.4, -0.2) is 34.4 Å². The van der Waals surface area contributed by atoms with Gasteiger partial charge in [0.15, 0.2) is 0 Å². The van der Waals surface area contributed by atoms with E-state index >= 15 is 0 Å². The van der Waals surface area contributed by atoms with Gasteiger partial charge in [-0.15, -0.1) is 0 Å². The molecule has 0 aliphatic heterocycles. The molecular formula is C21H33N3O. The van der Waals surface area contributed by atoms with Gasteiger partial charge in [0, 0.05) is 6.54 Å². The minimum Gasteiger partial charge on any atom is -0.490 e. The number of aromatic nitrogens is 2. The van der Waals surface area contributed by atoms with Gasteiger partial charge in [-0.1, -0.05) is 27.2 Å². The highest BCUT2D eigenvalue weighted by atomic mass is 16.5. The maximum absolute atomic E-state index is 6.01. The Morgan fingerprint density at radius 1 is 1.12 bits per heavy atom. The van der Waals surface area contributed by atoms with E-state index in [1.807, 2.05) is 6.20 Å². The molecule has 0 radical (unpaired) electrons. The van der Waals surface area contributed by atoms with Crippen LogP contribution in [0.5, 0.6) is 5.75 Å². The van der Waals surface area contributed by atoms with Crippen LogP contribution in [0.3, 0.4) is 0 Å². The third-order valence-electron chi connectivity index (χ3n) is 4.69. The van der Waals surface area contributed by atoms with Crippen molar-refractivity contribution in [3.05, 3.63) is 41.7 Å². The molecule has 1 aromatic heterocycles. The Hall–Kier alpha value is -1.81. The number of benzene rings is 1. The number of ether oxygens (including phenoxy) is 1. The lowest BCUT2D eigenvalue weighted by molar-refractivity contribution is 0.193. The Morgan fingerprint density at radius 2 is 1.80 bits per heavy atom. The summed E-state index contributed by atoms with van der Waals surface area (Å²) in [6.45, 7) is 10.7. The molecule has 0 aliphatic rings. The smallest absolute Gasteiger partial charge is 0.119 e. The van der Waals surface area contributed by atoms with Gasteiger partial charge in [-0.05, 0) is 69.6 Å². The van der Waals surface area contributed by atoms with Crippen molar-refractivity contribution in [1.29, 1.82) is 0 Å². The molecule has 0 saturated heterocycles. The normalized spacial score (nSPS) is 11.5. The first-order chi connectivity index (χ1) is 12.1. The molecule has 1 heterocycles. The van der Waals surface area contributed by atoms with E-state index in [0.717, 1.165) is 37.4 Å². The molecule has 0 amide bonds. The second-order valence-electron chi connectivity index (χ2n) is 6.83. The summed E-state index contributed by atoms with van der Waals surface area (Å²) < 4.78 is 8.06. The Morgan fingerprint density at radius 3 is 2.40 bits per heavy atom. The van der Waals surface area contributed by atoms with E-state index in [4.69, 9.17) is 4.74 Å². The maximum Gasteiger partial charge on any atom is 0.119 e. The van der Waals surface area contributed by atoms with Crippen molar-refractivity contribution in [3.8, 4) is 11.4 Å². The highest BCUT2D eigenvalue weighted by molar-refractivity contribution is 5.39. The molecule has 0 spiro atoms. The van der Waals surface area contributed by atoms with Crippen LogP contribution < -0.4 is 4.74 Å². The van der Waals surface area contributed by atoms with Crippen LogP contribution in [0.4, 0.5) is 0 Å². The summed E-state index contributed by atoms with van der Waals surface area (Å²) in [6.07, 6.45) is 6.76. The molecule has 1 aromatic carbocycles. The van der Waals surface area contributed by atoms with Crippen LogP contribution in [0.1, 0.15) is 57.7 Å². The number of aryl methyl sites for hydroxylation is 1. The third-order valence-corrected chi connectivity index (χ3v) is 4.69. The first-order valence-corrected chi connectivity index (χ1v) is 9.58. The summed E-state index contributed by atoms with van der Waals surface area (Å²) in [4.78, 5) is 2.37. The highest BCUT2D eigenvalue weighted by Gasteiger charge is 2.12. The van der Waals surface area contributed by atoms with E-state index < -0.39 is 0 Å². The van der Waals surface area contributed by atoms with E-state index in [1.54, 1.807) is 0 Å². The van der Waals surface area contributed by atoms with Gasteiger partial charge in [-0.25, -0.2) is 4.68 Å². The summed E-state index contributed by atoms with van der Waals surface area (Å²) in [7, 11) is 2.18. The van der Waals surface area contributed by atoms with Gasteiger partial charge < -0.3 is 9.64 Å². The summed E-state index contributed by atoms with van der Waals surface area (Å²) >= 11 is 0. The third kappa shape index (κ3) is 5.33. The molecule has 0 atom stereocenters. The summed E-state index contributed by atoms with van der Waals surface area (Å²) in [5.41, 5.74) is 3.58. The van der Waals surface area contributed by atoms with Gasteiger partial charge in [0.2, 0.25) is 0 Å². The number of hydrogen-bond donors (Lipinski definition) is 0. The van der Waals surface area contributed by atoms with Crippen LogP contribution >= 0.6 is 0 Å². The zero-order valence-electron chi connectivity index (χ0n) is 16.5. The van der Waals surface area contributed by atoms with Gasteiger partial charge in [-0.3, -0.25) is 0 Å². The summed E-state index contributed by atoms with van der Waals surface area (Å²) in [5.74, 6) is 0.933. The van der Waals surface area contributed by atoms with E-state index in [1.165, 1.54) is 24.1 Å². The fourth-order valence-electron chi connectivity index (χ4n) is 2.95. The van der Waals surface area contributed by atoms with Gasteiger partial charge >= 0.3 is 0 Å². The average molecular weight is 344 g/mol. The lowest BCUT2D eigenvalue weighted by Gasteiger charge is -2.18. The summed E-state index contributed by atoms with van der Waals surface area (Å²) in [5, 5.41) is 4.59. The Labute approximate surface area is 152 Å². The van der Waals surface area contributed by atoms with E-state index in [9.17, 15) is 0 Å². The van der Waals surface area contributed by atoms with Crippen molar-refractivity contribution in [1.82, 2.24) is 14.7 Å². The molecule has 0 unspecified atom stereocenters. The van der Waals surface area contributed by atoms with Crippen molar-refractivity contribution in [2.75, 3.05) is 13.6 Å². The monoisotopic (exact) mass is 343 g/mol. The molecule has 0 fully saturated rings. The quantitative estimate of drug-likeness (QED) is 0.609. The molecular weight excluding hydrogens is 310 g/mol. The number of unbranched alkanes of at least 4 members (excludes halogenated alkanes) is 1. The predicted octanol–water partition coefficient (Wildman–Crippen LogP) is 4.98. The minimum absolute atomic E-state index is 0.292. The molecule has 25 heavy (non-hydrogen) atoms. The van der Waals surface area contributed by atoms with Crippen LogP contribution in [0.15, 0.2) is 30.5 Å². The van der Waals surface area contributed by atoms with Gasteiger partial charge in [0.25, 0.3) is 0 Å². The van der Waals surface area contributed by atoms with Crippen molar-refractivity contribution in [3.63, 3.8) is 0 Å². The molecule has 0 bridgehead atoms. The van der Waals surface area contributed by atoms with Crippen LogP contribution in [0.2, 0.25) is 0 Å². The Bertz CT molecular complexity index is 629. The van der Waals surface area contributed by atoms with Crippen LogP contribution in [-0.2, 0) is 6.54 Å². The Kier molecular flexibility index (Phi) is 7.51. The van der Waals surface area contributed by atoms with E-state index in [2.05, 4.69) is 73.7 Å². The predicted molar refractivity (Wildman–Crippen MR) is 105 cm³/mol. The zero-order valence-corrected chi connectivity index (χ0v) is 16.5. The first-order valence-electron chi connectivity index (χ1n) is 9.58. The van der Waals surface area contributed by atoms with Gasteiger partial charge in [0.1, 0.15) is 5.75 Å². The zero-order chi connectivity index (χ0) is 18.2. The van der Waals surface area contributed by atoms with Crippen LogP contribution in [0, 0.1) is 6.92 Å². The van der Waals surface area contributed by atoms with Gasteiger partial charge in [0.05, 0.1) is 23.7 Å². The molecule has 2 aromatic rings. The molecule has 0 saturated carbocycles. The molecule has 0 N–H and O–H groups in total. The minimum atomic E-state index is 0.292. The maximum atomic E-state index is 6.01. The van der Waals surface area contributed by atoms with E-state index in [0.29, 0.717) is 6.10 Å². The lowest BCUT2D eigenvalue weighted by atomic mass is 10.2. The number of nitrogens with zero attached hydrogens (tertiary/aromatic N) is 3. The van der Waals surface area contributed by atoms with Crippen molar-refractivity contribution in [2.45, 2.75) is 66.0 Å². The van der Waals surface area contributed by atoms with E-state index in [-0.39, 0.29) is 0 Å². The SMILES string of the molecule is CCCCN(C)Cc1c(C)cnn1-c1ccc(OC(CC)CC)cc1. The molecule has 4 nitrogen and oxygen atoms in total. The van der Waals surface area contributed by atoms with Crippen LogP contribution in [0.25, 0.3) is 5.69 Å². The Balaban J connectivity index is 2.13. The highest BCUT2D eigenvalue weighted by Crippen LogP contribution is 2.21. The largest absolute Gasteiger partial charge is 0.490 e. The fourth-order valence-corrected chi connectivity index (χ4v) is 2.95. The lowest BCUT2D eigenvalue weighted by Crippen LogP contribution is -2.21. The molecule has 0 aliphatic carbocycles. The van der Waals surface area contributed by atoms with Crippen molar-refractivity contribution in [2.24, 2.45) is 0 Å². The molecule has 138 valence electrons. The summed E-state index contributed by atoms with van der Waals surface area (Å²) in [6, 6.07) is 8.30. The second kappa shape index (κ2) is 9.62. The van der Waals surface area contributed by atoms with Gasteiger partial charge in [-0.2, -0.15) is 5.10 Å². The number of rotatable bonds is 10. The van der Waals surface area contributed by atoms with Crippen molar-refractivity contribution >= 4 is 0 Å². The topological polar surface area (TPSA) is 30.3 Å².